The topological polar surface area (TPSA) is 73.2 Å². The molecule has 26 heavy (non-hydrogen) atoms. The van der Waals surface area contributed by atoms with E-state index >= 15 is 0 Å². The molecule has 3 rings (SSSR count). The van der Waals surface area contributed by atoms with Gasteiger partial charge in [0.05, 0.1) is 17.4 Å². The number of hydrogen-bond acceptors (Lipinski definition) is 4. The van der Waals surface area contributed by atoms with E-state index in [-0.39, 0.29) is 18.3 Å². The van der Waals surface area contributed by atoms with Gasteiger partial charge in [0, 0.05) is 24.8 Å². The quantitative estimate of drug-likeness (QED) is 0.879. The van der Waals surface area contributed by atoms with Crippen LogP contribution in [0.25, 0.3) is 0 Å². The molecule has 1 aliphatic heterocycles. The summed E-state index contributed by atoms with van der Waals surface area (Å²) in [7, 11) is -3.38. The van der Waals surface area contributed by atoms with Crippen LogP contribution >= 0.6 is 0 Å². The van der Waals surface area contributed by atoms with Crippen molar-refractivity contribution in [1.82, 2.24) is 4.31 Å². The molecule has 1 aliphatic rings. The Hall–Kier alpha value is -2.36. The number of hydrogen-bond donors (Lipinski definition) is 1. The fraction of sp³-hybridized carbons (Fsp3) is 0.350. The van der Waals surface area contributed by atoms with Gasteiger partial charge in [-0.3, -0.25) is 0 Å². The first-order valence-electron chi connectivity index (χ1n) is 8.84. The lowest BCUT2D eigenvalue weighted by Crippen LogP contribution is -2.44. The normalized spacial score (nSPS) is 17.6. The Morgan fingerprint density at radius 2 is 2.00 bits per heavy atom. The molecule has 1 N–H and O–H groups in total. The molecule has 0 aromatic heterocycles. The fourth-order valence-corrected chi connectivity index (χ4v) is 5.04. The molecule has 2 aromatic carbocycles. The monoisotopic (exact) mass is 369 g/mol. The van der Waals surface area contributed by atoms with Crippen LogP contribution < -0.4 is 5.32 Å². The highest BCUT2D eigenvalue weighted by Crippen LogP contribution is 2.27. The molecule has 2 aromatic rings. The van der Waals surface area contributed by atoms with Gasteiger partial charge in [-0.25, -0.2) is 8.42 Å². The van der Waals surface area contributed by atoms with E-state index in [1.54, 1.807) is 16.4 Å². The maximum Gasteiger partial charge on any atom is 0.214 e. The minimum absolute atomic E-state index is 0.131. The standard InChI is InChI=1S/C20H23N3O2S/c1-2-10-26(24,25)23-15-18-11-17(13-21)8-9-20(18)22-14-19(23)12-16-6-4-3-5-7-16/h3-9,11,19,22H,2,10,12,14-15H2,1H3. The smallest absolute Gasteiger partial charge is 0.214 e. The van der Waals surface area contributed by atoms with Crippen LogP contribution in [0.2, 0.25) is 0 Å². The Balaban J connectivity index is 1.97. The molecule has 6 heteroatoms. The van der Waals surface area contributed by atoms with Gasteiger partial charge < -0.3 is 5.32 Å². The van der Waals surface area contributed by atoms with E-state index in [1.165, 1.54) is 0 Å². The third-order valence-electron chi connectivity index (χ3n) is 4.63. The number of nitriles is 1. The van der Waals surface area contributed by atoms with Crippen molar-refractivity contribution in [2.45, 2.75) is 32.4 Å². The van der Waals surface area contributed by atoms with Crippen molar-refractivity contribution in [2.24, 2.45) is 0 Å². The third-order valence-corrected chi connectivity index (χ3v) is 6.70. The molecular formula is C20H23N3O2S. The SMILES string of the molecule is CCCS(=O)(=O)N1Cc2cc(C#N)ccc2NCC1Cc1ccccc1. The van der Waals surface area contributed by atoms with Crippen molar-refractivity contribution in [3.8, 4) is 6.07 Å². The van der Waals surface area contributed by atoms with Gasteiger partial charge >= 0.3 is 0 Å². The predicted molar refractivity (Wildman–Crippen MR) is 103 cm³/mol. The first-order valence-corrected chi connectivity index (χ1v) is 10.4. The molecule has 136 valence electrons. The van der Waals surface area contributed by atoms with Gasteiger partial charge in [-0.1, -0.05) is 37.3 Å². The zero-order valence-corrected chi connectivity index (χ0v) is 15.7. The van der Waals surface area contributed by atoms with Crippen molar-refractivity contribution < 1.29 is 8.42 Å². The molecule has 0 aliphatic carbocycles. The lowest BCUT2D eigenvalue weighted by Gasteiger charge is -2.29. The van der Waals surface area contributed by atoms with E-state index in [9.17, 15) is 8.42 Å². The summed E-state index contributed by atoms with van der Waals surface area (Å²) in [5.41, 5.74) is 3.40. The number of benzene rings is 2. The van der Waals surface area contributed by atoms with Crippen LogP contribution in [-0.4, -0.2) is 31.1 Å². The molecule has 0 fully saturated rings. The van der Waals surface area contributed by atoms with Gasteiger partial charge in [-0.05, 0) is 42.2 Å². The van der Waals surface area contributed by atoms with Crippen LogP contribution in [0.1, 0.15) is 30.0 Å². The van der Waals surface area contributed by atoms with Crippen LogP contribution in [0, 0.1) is 11.3 Å². The van der Waals surface area contributed by atoms with Gasteiger partial charge in [-0.2, -0.15) is 9.57 Å². The van der Waals surface area contributed by atoms with Crippen molar-refractivity contribution in [3.63, 3.8) is 0 Å². The maximum absolute atomic E-state index is 12.9. The summed E-state index contributed by atoms with van der Waals surface area (Å²) in [5.74, 6) is 0.131. The molecule has 5 nitrogen and oxygen atoms in total. The predicted octanol–water partition coefficient (Wildman–Crippen LogP) is 3.14. The van der Waals surface area contributed by atoms with E-state index in [0.717, 1.165) is 16.8 Å². The Labute approximate surface area is 155 Å². The van der Waals surface area contributed by atoms with Gasteiger partial charge in [0.25, 0.3) is 0 Å². The third kappa shape index (κ3) is 4.06. The molecule has 1 heterocycles. The minimum atomic E-state index is -3.38. The molecule has 0 saturated heterocycles. The number of nitrogens with zero attached hydrogens (tertiary/aromatic N) is 2. The lowest BCUT2D eigenvalue weighted by atomic mass is 10.1. The Morgan fingerprint density at radius 3 is 2.69 bits per heavy atom. The molecule has 1 atom stereocenters. The van der Waals surface area contributed by atoms with E-state index in [1.807, 2.05) is 43.3 Å². The van der Waals surface area contributed by atoms with E-state index < -0.39 is 10.0 Å². The highest BCUT2D eigenvalue weighted by Gasteiger charge is 2.32. The second-order valence-corrected chi connectivity index (χ2v) is 8.61. The van der Waals surface area contributed by atoms with Crippen molar-refractivity contribution in [1.29, 1.82) is 5.26 Å². The van der Waals surface area contributed by atoms with E-state index in [2.05, 4.69) is 11.4 Å². The summed E-state index contributed by atoms with van der Waals surface area (Å²) in [4.78, 5) is 0. The molecular weight excluding hydrogens is 346 g/mol. The molecule has 1 unspecified atom stereocenters. The van der Waals surface area contributed by atoms with Gasteiger partial charge in [-0.15, -0.1) is 0 Å². The molecule has 0 spiro atoms. The largest absolute Gasteiger partial charge is 0.383 e. The Morgan fingerprint density at radius 1 is 1.23 bits per heavy atom. The summed E-state index contributed by atoms with van der Waals surface area (Å²) in [6, 6.07) is 17.3. The highest BCUT2D eigenvalue weighted by molar-refractivity contribution is 7.89. The average molecular weight is 369 g/mol. The highest BCUT2D eigenvalue weighted by atomic mass is 32.2. The number of nitrogens with one attached hydrogen (secondary N) is 1. The number of fused-ring (bicyclic) bond motifs is 1. The molecule has 0 radical (unpaired) electrons. The van der Waals surface area contributed by atoms with Crippen LogP contribution in [0.4, 0.5) is 5.69 Å². The van der Waals surface area contributed by atoms with Gasteiger partial charge in [0.2, 0.25) is 10.0 Å². The lowest BCUT2D eigenvalue weighted by molar-refractivity contribution is 0.325. The summed E-state index contributed by atoms with van der Waals surface area (Å²) >= 11 is 0. The van der Waals surface area contributed by atoms with Crippen molar-refractivity contribution >= 4 is 15.7 Å². The maximum atomic E-state index is 12.9. The van der Waals surface area contributed by atoms with Crippen molar-refractivity contribution in [3.05, 3.63) is 65.2 Å². The first kappa shape index (κ1) is 18.4. The Bertz CT molecular complexity index is 904. The van der Waals surface area contributed by atoms with Gasteiger partial charge in [0.15, 0.2) is 0 Å². The summed E-state index contributed by atoms with van der Waals surface area (Å²) in [6.45, 7) is 2.70. The van der Waals surface area contributed by atoms with Crippen LogP contribution in [0.3, 0.4) is 0 Å². The number of rotatable bonds is 5. The second kappa shape index (κ2) is 7.90. The summed E-state index contributed by atoms with van der Waals surface area (Å²) in [6.07, 6.45) is 1.23. The van der Waals surface area contributed by atoms with Crippen LogP contribution in [0.5, 0.6) is 0 Å². The summed E-state index contributed by atoms with van der Waals surface area (Å²) in [5, 5.41) is 12.5. The molecule has 0 bridgehead atoms. The molecule has 0 amide bonds. The average Bonchev–Trinajstić information content (AvgIpc) is 2.82. The zero-order valence-electron chi connectivity index (χ0n) is 14.9. The van der Waals surface area contributed by atoms with Gasteiger partial charge in [0.1, 0.15) is 0 Å². The van der Waals surface area contributed by atoms with E-state index in [4.69, 9.17) is 5.26 Å². The summed E-state index contributed by atoms with van der Waals surface area (Å²) < 4.78 is 27.5. The van der Waals surface area contributed by atoms with Crippen LogP contribution in [-0.2, 0) is 23.0 Å². The second-order valence-electron chi connectivity index (χ2n) is 6.57. The minimum Gasteiger partial charge on any atom is -0.383 e. The number of anilines is 1. The van der Waals surface area contributed by atoms with E-state index in [0.29, 0.717) is 24.9 Å². The first-order chi connectivity index (χ1) is 12.5. The van der Waals surface area contributed by atoms with Crippen LogP contribution in [0.15, 0.2) is 48.5 Å². The molecule has 0 saturated carbocycles. The number of sulfonamides is 1. The zero-order chi connectivity index (χ0) is 18.6. The van der Waals surface area contributed by atoms with Crippen molar-refractivity contribution in [2.75, 3.05) is 17.6 Å². The Kier molecular flexibility index (Phi) is 5.60. The fourth-order valence-electron chi connectivity index (χ4n) is 3.35.